The lowest BCUT2D eigenvalue weighted by Gasteiger charge is -2.11. The van der Waals surface area contributed by atoms with Gasteiger partial charge in [0.1, 0.15) is 33.5 Å². The average Bonchev–Trinajstić information content (AvgIpc) is 1.68. The Morgan fingerprint density at radius 2 is 0.798 bits per heavy atom. The van der Waals surface area contributed by atoms with Crippen LogP contribution in [0.15, 0.2) is 282 Å². The van der Waals surface area contributed by atoms with Gasteiger partial charge >= 0.3 is 0 Å². The van der Waals surface area contributed by atoms with E-state index >= 15 is 0 Å². The Morgan fingerprint density at radius 1 is 0.270 bits per heavy atom. The van der Waals surface area contributed by atoms with E-state index in [2.05, 4.69) is 202 Å². The number of rotatable bonds is 8. The highest BCUT2D eigenvalue weighted by Gasteiger charge is 2.24. The standard InChI is InChI=1S/C78H45N9O2/c1-3-16-53(61-20-7-9-37-79-61)50(14-1)46-26-30-64-58(42-46)59-43-47(51-15-2-4-17-54(51)62-21-8-10-38-80-62)27-31-65(59)85(64)49-29-33-70-60(45-49)56-19-11-23-69(77(56)88-70)86-63-22-6-5-18-55(63)57-44-48(28-32-66(57)86)52-36-41-83-76-75-71(89-78(52)76)34-35-72(84-75)87-67-24-12-39-81-73(67)74-68(87)25-13-40-82-74/h1-45H. The molecule has 0 atom stereocenters. The zero-order valence-electron chi connectivity index (χ0n) is 47.3. The Hall–Kier alpha value is -12.3. The molecule has 89 heavy (non-hydrogen) atoms. The fourth-order valence-corrected chi connectivity index (χ4v) is 13.8. The van der Waals surface area contributed by atoms with E-state index in [-0.39, 0.29) is 0 Å². The molecule has 0 aliphatic carbocycles. The molecule has 0 bridgehead atoms. The van der Waals surface area contributed by atoms with Gasteiger partial charge in [0, 0.05) is 85.7 Å². The fraction of sp³-hybridized carbons (Fsp3) is 0. The van der Waals surface area contributed by atoms with Crippen LogP contribution in [-0.4, -0.2) is 43.6 Å². The average molecular weight is 1140 g/mol. The smallest absolute Gasteiger partial charge is 0.163 e. The number of fused-ring (bicyclic) bond motifs is 15. The molecule has 11 heterocycles. The zero-order chi connectivity index (χ0) is 58.3. The van der Waals surface area contributed by atoms with Gasteiger partial charge in [0.05, 0.1) is 50.2 Å². The number of aromatic nitrogens is 9. The fourth-order valence-electron chi connectivity index (χ4n) is 13.8. The van der Waals surface area contributed by atoms with Crippen molar-refractivity contribution in [3.63, 3.8) is 0 Å². The summed E-state index contributed by atoms with van der Waals surface area (Å²) in [4.78, 5) is 29.1. The summed E-state index contributed by atoms with van der Waals surface area (Å²) in [5, 5.41) is 6.55. The van der Waals surface area contributed by atoms with Crippen LogP contribution < -0.4 is 0 Å². The van der Waals surface area contributed by atoms with Crippen LogP contribution in [0.2, 0.25) is 0 Å². The minimum atomic E-state index is 0.654. The Balaban J connectivity index is 0.744. The summed E-state index contributed by atoms with van der Waals surface area (Å²) in [5.74, 6) is 0.731. The van der Waals surface area contributed by atoms with E-state index in [0.29, 0.717) is 22.2 Å². The summed E-state index contributed by atoms with van der Waals surface area (Å²) < 4.78 is 20.6. The van der Waals surface area contributed by atoms with Crippen LogP contribution >= 0.6 is 0 Å². The minimum absolute atomic E-state index is 0.654. The summed E-state index contributed by atoms with van der Waals surface area (Å²) >= 11 is 0. The summed E-state index contributed by atoms with van der Waals surface area (Å²) in [6.07, 6.45) is 9.16. The van der Waals surface area contributed by atoms with Gasteiger partial charge in [-0.15, -0.1) is 0 Å². The first kappa shape index (κ1) is 49.0. The van der Waals surface area contributed by atoms with Gasteiger partial charge in [-0.05, 0) is 161 Å². The normalized spacial score (nSPS) is 12.0. The Kier molecular flexibility index (Phi) is 10.5. The first-order valence-electron chi connectivity index (χ1n) is 29.6. The monoisotopic (exact) mass is 1140 g/mol. The highest BCUT2D eigenvalue weighted by atomic mass is 16.3. The molecule has 19 aromatic rings. The number of hydrogen-bond acceptors (Lipinski definition) is 8. The van der Waals surface area contributed by atoms with Crippen molar-refractivity contribution in [2.45, 2.75) is 0 Å². The topological polar surface area (TPSA) is 118 Å². The van der Waals surface area contributed by atoms with Crippen LogP contribution in [0.3, 0.4) is 0 Å². The van der Waals surface area contributed by atoms with Gasteiger partial charge in [-0.2, -0.15) is 0 Å². The van der Waals surface area contributed by atoms with E-state index in [9.17, 15) is 0 Å². The number of furan rings is 2. The third-order valence-corrected chi connectivity index (χ3v) is 17.8. The molecule has 0 spiro atoms. The Morgan fingerprint density at radius 3 is 1.46 bits per heavy atom. The Labute approximate surface area is 506 Å². The van der Waals surface area contributed by atoms with Gasteiger partial charge in [0.15, 0.2) is 16.7 Å². The molecule has 8 aromatic carbocycles. The van der Waals surface area contributed by atoms with Gasteiger partial charge in [0.25, 0.3) is 0 Å². The molecule has 0 unspecified atom stereocenters. The van der Waals surface area contributed by atoms with Crippen molar-refractivity contribution < 1.29 is 8.83 Å². The van der Waals surface area contributed by atoms with Crippen LogP contribution in [-0.2, 0) is 0 Å². The highest BCUT2D eigenvalue weighted by Crippen LogP contribution is 2.45. The molecule has 11 heteroatoms. The van der Waals surface area contributed by atoms with E-state index in [4.69, 9.17) is 38.7 Å². The maximum atomic E-state index is 7.05. The lowest BCUT2D eigenvalue weighted by Crippen LogP contribution is -1.97. The van der Waals surface area contributed by atoms with Crippen LogP contribution in [0.1, 0.15) is 0 Å². The predicted molar refractivity (Wildman–Crippen MR) is 358 cm³/mol. The first-order chi connectivity index (χ1) is 44.1. The highest BCUT2D eigenvalue weighted by molar-refractivity contribution is 6.16. The van der Waals surface area contributed by atoms with E-state index in [1.807, 2.05) is 73.2 Å². The molecule has 0 aliphatic rings. The van der Waals surface area contributed by atoms with Crippen molar-refractivity contribution in [2.75, 3.05) is 0 Å². The lowest BCUT2D eigenvalue weighted by atomic mass is 9.94. The number of pyridine rings is 6. The van der Waals surface area contributed by atoms with Crippen LogP contribution in [0, 0.1) is 0 Å². The van der Waals surface area contributed by atoms with E-state index in [0.717, 1.165) is 161 Å². The second kappa shape index (κ2) is 19.1. The van der Waals surface area contributed by atoms with Crippen LogP contribution in [0.25, 0.3) is 183 Å². The van der Waals surface area contributed by atoms with E-state index in [1.54, 1.807) is 12.4 Å². The molecule has 11 nitrogen and oxygen atoms in total. The van der Waals surface area contributed by atoms with Crippen LogP contribution in [0.4, 0.5) is 0 Å². The van der Waals surface area contributed by atoms with Crippen molar-refractivity contribution in [1.82, 2.24) is 43.6 Å². The summed E-state index contributed by atoms with van der Waals surface area (Å²) in [6, 6.07) is 85.4. The molecule has 0 aliphatic heterocycles. The molecule has 19 rings (SSSR count). The number of hydrogen-bond donors (Lipinski definition) is 0. The van der Waals surface area contributed by atoms with E-state index < -0.39 is 0 Å². The Bertz CT molecular complexity index is 5940. The van der Waals surface area contributed by atoms with Crippen molar-refractivity contribution in [1.29, 1.82) is 0 Å². The molecule has 0 amide bonds. The molecular formula is C78H45N9O2. The van der Waals surface area contributed by atoms with Gasteiger partial charge in [0.2, 0.25) is 0 Å². The molecule has 0 N–H and O–H groups in total. The number of para-hydroxylation sites is 2. The molecule has 0 saturated carbocycles. The SMILES string of the molecule is c1ccc(-c2ccccc2-c2ccc3c(c2)c2cc(-c4ccccc4-c4ccccn4)ccc2n3-c2ccc3oc4c(-n5c6ccccc6c6cc(-c7ccnc8c7oc7ccc(-n9c%10cccnc%10c%10ncccc%109)nc78)ccc65)cccc4c3c2)nc1. The van der Waals surface area contributed by atoms with Gasteiger partial charge in [-0.25, -0.2) is 4.98 Å². The number of nitrogens with zero attached hydrogens (tertiary/aromatic N) is 9. The predicted octanol–water partition coefficient (Wildman–Crippen LogP) is 19.5. The summed E-state index contributed by atoms with van der Waals surface area (Å²) in [6.45, 7) is 0. The molecule has 0 saturated heterocycles. The molecule has 0 radical (unpaired) electrons. The quantitative estimate of drug-likeness (QED) is 0.148. The number of benzene rings is 8. The molecule has 0 fully saturated rings. The van der Waals surface area contributed by atoms with Gasteiger partial charge in [-0.1, -0.05) is 109 Å². The van der Waals surface area contributed by atoms with Gasteiger partial charge in [-0.3, -0.25) is 29.5 Å². The minimum Gasteiger partial charge on any atom is -0.454 e. The third kappa shape index (κ3) is 7.39. The second-order valence-electron chi connectivity index (χ2n) is 22.6. The first-order valence-corrected chi connectivity index (χ1v) is 29.6. The zero-order valence-corrected chi connectivity index (χ0v) is 47.3. The third-order valence-electron chi connectivity index (χ3n) is 17.8. The maximum Gasteiger partial charge on any atom is 0.163 e. The summed E-state index contributed by atoms with van der Waals surface area (Å²) in [5.41, 5.74) is 24.5. The van der Waals surface area contributed by atoms with Crippen molar-refractivity contribution in [3.8, 4) is 73.1 Å². The lowest BCUT2D eigenvalue weighted by molar-refractivity contribution is 0.666. The second-order valence-corrected chi connectivity index (χ2v) is 22.6. The van der Waals surface area contributed by atoms with Crippen molar-refractivity contribution in [3.05, 3.63) is 274 Å². The van der Waals surface area contributed by atoms with E-state index in [1.165, 1.54) is 0 Å². The van der Waals surface area contributed by atoms with Crippen molar-refractivity contribution >= 4 is 110 Å². The molecule has 414 valence electrons. The largest absolute Gasteiger partial charge is 0.454 e. The van der Waals surface area contributed by atoms with Gasteiger partial charge < -0.3 is 18.0 Å². The molecule has 11 aromatic heterocycles. The van der Waals surface area contributed by atoms with Crippen molar-refractivity contribution in [2.24, 2.45) is 0 Å². The summed E-state index contributed by atoms with van der Waals surface area (Å²) in [7, 11) is 0. The molecular weight excluding hydrogens is 1090 g/mol. The van der Waals surface area contributed by atoms with Crippen LogP contribution in [0.5, 0.6) is 0 Å². The maximum absolute atomic E-state index is 7.05.